The molecule has 0 heterocycles. The van der Waals surface area contributed by atoms with Crippen LogP contribution in [0.1, 0.15) is 12.8 Å². The minimum Gasteiger partial charge on any atom is -0.484 e. The van der Waals surface area contributed by atoms with Gasteiger partial charge in [0.25, 0.3) is 0 Å². The summed E-state index contributed by atoms with van der Waals surface area (Å²) in [7, 11) is 0. The van der Waals surface area contributed by atoms with Gasteiger partial charge in [0, 0.05) is 18.2 Å². The Morgan fingerprint density at radius 1 is 1.65 bits per heavy atom. The van der Waals surface area contributed by atoms with E-state index in [4.69, 9.17) is 10.00 Å². The molecule has 1 aliphatic carbocycles. The number of nitrogens with zero attached hydrogens (tertiary/aromatic N) is 2. The van der Waals surface area contributed by atoms with Gasteiger partial charge in [-0.1, -0.05) is 0 Å². The van der Waals surface area contributed by atoms with Crippen LogP contribution in [0.5, 0.6) is 5.75 Å². The molecule has 1 aliphatic rings. The molecule has 20 heavy (non-hydrogen) atoms. The van der Waals surface area contributed by atoms with Gasteiger partial charge in [0.2, 0.25) is 0 Å². The zero-order chi connectivity index (χ0) is 14.7. The monoisotopic (exact) mass is 343 g/mol. The molecule has 0 aliphatic heterocycles. The van der Waals surface area contributed by atoms with Crippen LogP contribution in [0.25, 0.3) is 0 Å². The molecule has 6 nitrogen and oxygen atoms in total. The van der Waals surface area contributed by atoms with Crippen molar-refractivity contribution in [3.05, 3.63) is 32.5 Å². The second kappa shape index (κ2) is 6.15. The predicted octanol–water partition coefficient (Wildman–Crippen LogP) is 2.52. The van der Waals surface area contributed by atoms with Crippen molar-refractivity contribution in [2.75, 3.05) is 6.61 Å². The maximum Gasteiger partial charge on any atom is 0.312 e. The van der Waals surface area contributed by atoms with Crippen molar-refractivity contribution in [3.63, 3.8) is 0 Å². The summed E-state index contributed by atoms with van der Waals surface area (Å²) in [5.74, 6) is -0.845. The van der Waals surface area contributed by atoms with Gasteiger partial charge in [-0.25, -0.2) is 4.39 Å². The Balaban J connectivity index is 2.09. The van der Waals surface area contributed by atoms with Crippen LogP contribution < -0.4 is 10.1 Å². The van der Waals surface area contributed by atoms with Crippen molar-refractivity contribution in [2.45, 2.75) is 24.9 Å². The van der Waals surface area contributed by atoms with Gasteiger partial charge < -0.3 is 4.74 Å². The van der Waals surface area contributed by atoms with Gasteiger partial charge in [0.15, 0.2) is 5.75 Å². The highest BCUT2D eigenvalue weighted by Crippen LogP contribution is 2.32. The van der Waals surface area contributed by atoms with E-state index in [1.807, 2.05) is 6.07 Å². The first kappa shape index (κ1) is 14.7. The van der Waals surface area contributed by atoms with Gasteiger partial charge >= 0.3 is 5.69 Å². The summed E-state index contributed by atoms with van der Waals surface area (Å²) >= 11 is 2.88. The number of benzene rings is 1. The van der Waals surface area contributed by atoms with E-state index in [0.717, 1.165) is 25.0 Å². The first-order chi connectivity index (χ1) is 9.51. The van der Waals surface area contributed by atoms with Crippen LogP contribution in [-0.4, -0.2) is 23.6 Å². The van der Waals surface area contributed by atoms with E-state index in [2.05, 4.69) is 21.2 Å². The molecule has 2 rings (SSSR count). The zero-order valence-corrected chi connectivity index (χ0v) is 11.9. The molecule has 106 valence electrons. The lowest BCUT2D eigenvalue weighted by atomic mass is 10.3. The van der Waals surface area contributed by atoms with Crippen LogP contribution in [-0.2, 0) is 0 Å². The van der Waals surface area contributed by atoms with Gasteiger partial charge in [-0.3, -0.25) is 15.4 Å². The SMILES string of the molecule is N#CC(COc1cc(F)c(Br)cc1[N+](=O)[O-])NC1CC1. The number of nitro groups is 1. The molecule has 1 unspecified atom stereocenters. The summed E-state index contributed by atoms with van der Waals surface area (Å²) in [6.07, 6.45) is 2.01. The number of ether oxygens (including phenoxy) is 1. The largest absolute Gasteiger partial charge is 0.484 e. The molecule has 1 aromatic carbocycles. The summed E-state index contributed by atoms with van der Waals surface area (Å²) in [4.78, 5) is 10.2. The Kier molecular flexibility index (Phi) is 4.52. The molecule has 0 spiro atoms. The third-order valence-electron chi connectivity index (χ3n) is 2.77. The molecule has 1 fully saturated rings. The van der Waals surface area contributed by atoms with Crippen molar-refractivity contribution in [2.24, 2.45) is 0 Å². The highest BCUT2D eigenvalue weighted by Gasteiger charge is 2.26. The van der Waals surface area contributed by atoms with E-state index in [1.54, 1.807) is 0 Å². The van der Waals surface area contributed by atoms with Crippen molar-refractivity contribution in [1.82, 2.24) is 5.32 Å². The maximum absolute atomic E-state index is 13.4. The molecule has 8 heteroatoms. The van der Waals surface area contributed by atoms with Crippen LogP contribution in [0.2, 0.25) is 0 Å². The van der Waals surface area contributed by atoms with E-state index in [0.29, 0.717) is 6.04 Å². The van der Waals surface area contributed by atoms with Crippen LogP contribution in [0.3, 0.4) is 0 Å². The molecule has 1 N–H and O–H groups in total. The number of rotatable bonds is 6. The summed E-state index contributed by atoms with van der Waals surface area (Å²) in [5.41, 5.74) is -0.346. The van der Waals surface area contributed by atoms with E-state index < -0.39 is 16.8 Å². The highest BCUT2D eigenvalue weighted by atomic mass is 79.9. The van der Waals surface area contributed by atoms with E-state index in [-0.39, 0.29) is 22.5 Å². The third kappa shape index (κ3) is 3.65. The van der Waals surface area contributed by atoms with Crippen molar-refractivity contribution >= 4 is 21.6 Å². The predicted molar refractivity (Wildman–Crippen MR) is 71.8 cm³/mol. The van der Waals surface area contributed by atoms with E-state index in [9.17, 15) is 14.5 Å². The van der Waals surface area contributed by atoms with Gasteiger partial charge in [-0.15, -0.1) is 0 Å². The van der Waals surface area contributed by atoms with E-state index in [1.165, 1.54) is 0 Å². The lowest BCUT2D eigenvalue weighted by Gasteiger charge is -2.12. The van der Waals surface area contributed by atoms with Gasteiger partial charge in [0.05, 0.1) is 15.5 Å². The number of hydrogen-bond donors (Lipinski definition) is 1. The van der Waals surface area contributed by atoms with Gasteiger partial charge in [-0.05, 0) is 28.8 Å². The number of halogens is 2. The molecular formula is C12H11BrFN3O3. The molecule has 1 saturated carbocycles. The van der Waals surface area contributed by atoms with Crippen molar-refractivity contribution < 1.29 is 14.1 Å². The molecule has 0 saturated heterocycles. The Labute approximate surface area is 122 Å². The fourth-order valence-electron chi connectivity index (χ4n) is 1.61. The Bertz CT molecular complexity index is 572. The molecular weight excluding hydrogens is 333 g/mol. The van der Waals surface area contributed by atoms with Gasteiger partial charge in [-0.2, -0.15) is 5.26 Å². The minimum atomic E-state index is -0.658. The van der Waals surface area contributed by atoms with Crippen LogP contribution in [0.15, 0.2) is 16.6 Å². The number of nitrogens with one attached hydrogen (secondary N) is 1. The summed E-state index contributed by atoms with van der Waals surface area (Å²) in [5, 5.41) is 22.9. The quantitative estimate of drug-likeness (QED) is 0.633. The smallest absolute Gasteiger partial charge is 0.312 e. The average molecular weight is 344 g/mol. The van der Waals surface area contributed by atoms with Crippen molar-refractivity contribution in [3.8, 4) is 11.8 Å². The van der Waals surface area contributed by atoms with Crippen LogP contribution in [0, 0.1) is 27.3 Å². The number of nitro benzene ring substituents is 1. The molecule has 1 atom stereocenters. The number of hydrogen-bond acceptors (Lipinski definition) is 5. The standard InChI is InChI=1S/C12H11BrFN3O3/c13-9-3-11(17(18)19)12(4-10(9)14)20-6-8(5-15)16-7-1-2-7/h3-4,7-8,16H,1-2,6H2. The fraction of sp³-hybridized carbons (Fsp3) is 0.417. The van der Waals surface area contributed by atoms with Crippen LogP contribution >= 0.6 is 15.9 Å². The molecule has 0 bridgehead atoms. The average Bonchev–Trinajstić information content (AvgIpc) is 3.21. The molecule has 0 aromatic heterocycles. The lowest BCUT2D eigenvalue weighted by molar-refractivity contribution is -0.386. The van der Waals surface area contributed by atoms with Crippen molar-refractivity contribution in [1.29, 1.82) is 5.26 Å². The second-order valence-corrected chi connectivity index (χ2v) is 5.28. The number of nitriles is 1. The maximum atomic E-state index is 13.4. The van der Waals surface area contributed by atoms with Gasteiger partial charge in [0.1, 0.15) is 18.5 Å². The van der Waals surface area contributed by atoms with Crippen LogP contribution in [0.4, 0.5) is 10.1 Å². The van der Waals surface area contributed by atoms with E-state index >= 15 is 0 Å². The molecule has 1 aromatic rings. The summed E-state index contributed by atoms with van der Waals surface area (Å²) in [6.45, 7) is -0.0745. The summed E-state index contributed by atoms with van der Waals surface area (Å²) in [6, 6.07) is 3.72. The first-order valence-corrected chi connectivity index (χ1v) is 6.72. The lowest BCUT2D eigenvalue weighted by Crippen LogP contribution is -2.34. The first-order valence-electron chi connectivity index (χ1n) is 5.93. The Morgan fingerprint density at radius 3 is 2.90 bits per heavy atom. The zero-order valence-electron chi connectivity index (χ0n) is 10.3. The third-order valence-corrected chi connectivity index (χ3v) is 3.38. The minimum absolute atomic E-state index is 0.00973. The second-order valence-electron chi connectivity index (χ2n) is 4.42. The molecule has 0 radical (unpaired) electrons. The highest BCUT2D eigenvalue weighted by molar-refractivity contribution is 9.10. The molecule has 0 amide bonds. The Morgan fingerprint density at radius 2 is 2.35 bits per heavy atom. The normalized spacial score (nSPS) is 15.4. The summed E-state index contributed by atoms with van der Waals surface area (Å²) < 4.78 is 18.6. The Hall–Kier alpha value is -1.72. The topological polar surface area (TPSA) is 88.2 Å². The fourth-order valence-corrected chi connectivity index (χ4v) is 1.94.